The van der Waals surface area contributed by atoms with Crippen LogP contribution in [0.25, 0.3) is 0 Å². The molecule has 37 heavy (non-hydrogen) atoms. The van der Waals surface area contributed by atoms with Gasteiger partial charge in [0.25, 0.3) is 0 Å². The second-order valence-electron chi connectivity index (χ2n) is 10.2. The van der Waals surface area contributed by atoms with Gasteiger partial charge in [-0.15, -0.1) is 0 Å². The molecule has 0 unspecified atom stereocenters. The Morgan fingerprint density at radius 1 is 1.00 bits per heavy atom. The molecule has 0 radical (unpaired) electrons. The van der Waals surface area contributed by atoms with E-state index < -0.39 is 33.8 Å². The fourth-order valence-electron chi connectivity index (χ4n) is 5.56. The molecule has 1 aliphatic carbocycles. The molecule has 2 aromatic rings. The van der Waals surface area contributed by atoms with E-state index in [0.717, 1.165) is 43.9 Å². The molecule has 2 fully saturated rings. The van der Waals surface area contributed by atoms with Crippen LogP contribution >= 0.6 is 0 Å². The summed E-state index contributed by atoms with van der Waals surface area (Å²) < 4.78 is 40.9. The van der Waals surface area contributed by atoms with Gasteiger partial charge in [0.05, 0.1) is 6.26 Å². The third-order valence-corrected chi connectivity index (χ3v) is 8.72. The number of carbonyl (C=O) groups excluding carboxylic acids is 2. The highest BCUT2D eigenvalue weighted by molar-refractivity contribution is 7.88. The minimum absolute atomic E-state index is 0.000529. The first kappa shape index (κ1) is 27.3. The van der Waals surface area contributed by atoms with Crippen LogP contribution in [-0.4, -0.2) is 49.4 Å². The van der Waals surface area contributed by atoms with Gasteiger partial charge in [-0.2, -0.15) is 4.31 Å². The number of hydrogen-bond donors (Lipinski definition) is 1. The summed E-state index contributed by atoms with van der Waals surface area (Å²) in [5, 5.41) is 3.15. The predicted molar refractivity (Wildman–Crippen MR) is 142 cm³/mol. The Balaban J connectivity index is 1.83. The fraction of sp³-hybridized carbons (Fsp3) is 0.500. The molecular formula is C28H36FN3O4S. The monoisotopic (exact) mass is 529 g/mol. The van der Waals surface area contributed by atoms with Gasteiger partial charge in [-0.1, -0.05) is 56.0 Å². The van der Waals surface area contributed by atoms with Gasteiger partial charge < -0.3 is 5.32 Å². The zero-order valence-corrected chi connectivity index (χ0v) is 22.3. The number of hydrogen-bond acceptors (Lipinski definition) is 4. The molecule has 9 heteroatoms. The van der Waals surface area contributed by atoms with Crippen molar-refractivity contribution in [2.45, 2.75) is 76.4 Å². The smallest absolute Gasteiger partial charge is 0.248 e. The summed E-state index contributed by atoms with van der Waals surface area (Å²) in [6.45, 7) is 2.10. The molecule has 0 spiro atoms. The van der Waals surface area contributed by atoms with Crippen LogP contribution in [0, 0.1) is 12.7 Å². The normalized spacial score (nSPS) is 20.2. The van der Waals surface area contributed by atoms with E-state index in [1.54, 1.807) is 18.2 Å². The highest BCUT2D eigenvalue weighted by Gasteiger charge is 2.42. The van der Waals surface area contributed by atoms with Crippen LogP contribution in [0.3, 0.4) is 0 Å². The van der Waals surface area contributed by atoms with E-state index in [1.807, 2.05) is 19.1 Å². The van der Waals surface area contributed by atoms with Gasteiger partial charge in [-0.25, -0.2) is 12.8 Å². The van der Waals surface area contributed by atoms with Gasteiger partial charge in [-0.05, 0) is 61.9 Å². The third kappa shape index (κ3) is 6.38. The van der Waals surface area contributed by atoms with E-state index in [-0.39, 0.29) is 24.2 Å². The lowest BCUT2D eigenvalue weighted by Gasteiger charge is -2.39. The molecule has 1 N–H and O–H groups in total. The number of benzene rings is 2. The molecule has 0 bridgehead atoms. The average Bonchev–Trinajstić information content (AvgIpc) is 2.87. The molecule has 2 aromatic carbocycles. The van der Waals surface area contributed by atoms with Crippen molar-refractivity contribution in [1.29, 1.82) is 0 Å². The van der Waals surface area contributed by atoms with Crippen LogP contribution in [0.1, 0.15) is 68.5 Å². The number of rotatable bonds is 7. The maximum atomic E-state index is 14.5. The number of nitrogens with one attached hydrogen (secondary N) is 1. The third-order valence-electron chi connectivity index (χ3n) is 7.43. The largest absolute Gasteiger partial charge is 0.351 e. The van der Waals surface area contributed by atoms with Crippen molar-refractivity contribution >= 4 is 27.5 Å². The quantitative estimate of drug-likeness (QED) is 0.573. The maximum absolute atomic E-state index is 14.5. The molecule has 1 saturated heterocycles. The van der Waals surface area contributed by atoms with Crippen molar-refractivity contribution in [2.24, 2.45) is 0 Å². The van der Waals surface area contributed by atoms with E-state index in [2.05, 4.69) is 5.32 Å². The Kier molecular flexibility index (Phi) is 8.64. The highest BCUT2D eigenvalue weighted by atomic mass is 32.2. The van der Waals surface area contributed by atoms with Crippen molar-refractivity contribution < 1.29 is 22.4 Å². The van der Waals surface area contributed by atoms with Crippen molar-refractivity contribution in [3.05, 3.63) is 65.5 Å². The number of sulfonamides is 1. The highest BCUT2D eigenvalue weighted by Crippen LogP contribution is 2.34. The van der Waals surface area contributed by atoms with Crippen molar-refractivity contribution in [3.63, 3.8) is 0 Å². The lowest BCUT2D eigenvalue weighted by atomic mass is 9.93. The van der Waals surface area contributed by atoms with Gasteiger partial charge in [0, 0.05) is 18.3 Å². The van der Waals surface area contributed by atoms with E-state index >= 15 is 0 Å². The summed E-state index contributed by atoms with van der Waals surface area (Å²) in [7, 11) is -3.67. The fourth-order valence-corrected chi connectivity index (χ4v) is 6.68. The number of halogens is 1. The lowest BCUT2D eigenvalue weighted by molar-refractivity contribution is -0.129. The second kappa shape index (κ2) is 11.7. The van der Waals surface area contributed by atoms with E-state index in [4.69, 9.17) is 0 Å². The summed E-state index contributed by atoms with van der Waals surface area (Å²) in [4.78, 5) is 29.6. The first-order chi connectivity index (χ1) is 17.7. The summed E-state index contributed by atoms with van der Waals surface area (Å²) in [5.74, 6) is -1.42. The zero-order chi connectivity index (χ0) is 26.6. The van der Waals surface area contributed by atoms with Crippen LogP contribution in [-0.2, 0) is 19.6 Å². The number of piperidine rings is 1. The number of aryl methyl sites for hydroxylation is 1. The minimum atomic E-state index is -3.67. The van der Waals surface area contributed by atoms with Gasteiger partial charge in [0.15, 0.2) is 0 Å². The Bertz CT molecular complexity index is 1230. The van der Waals surface area contributed by atoms with E-state index in [9.17, 15) is 22.4 Å². The molecule has 7 nitrogen and oxygen atoms in total. The van der Waals surface area contributed by atoms with Crippen molar-refractivity contribution in [1.82, 2.24) is 9.62 Å². The number of anilines is 1. The average molecular weight is 530 g/mol. The Hall–Kier alpha value is -2.78. The van der Waals surface area contributed by atoms with E-state index in [0.29, 0.717) is 24.8 Å². The van der Waals surface area contributed by atoms with Crippen molar-refractivity contribution in [2.75, 3.05) is 17.7 Å². The first-order valence-electron chi connectivity index (χ1n) is 13.1. The second-order valence-corrected chi connectivity index (χ2v) is 12.1. The van der Waals surface area contributed by atoms with Gasteiger partial charge >= 0.3 is 0 Å². The standard InChI is InChI=1S/C28H36FN3O4S/c1-20-11-6-7-16-24(20)26(27(33)30-22-13-4-3-5-14-22)32(23-15-10-12-21(29)19-23)28(34)25-17-8-9-18-31(25)37(2,35)36/h6-7,10-12,15-16,19,22,25-26H,3-5,8-9,13-14,17-18H2,1-2H3,(H,30,33)/t25-,26+/m1/s1. The number of carbonyl (C=O) groups is 2. The van der Waals surface area contributed by atoms with Gasteiger partial charge in [0.1, 0.15) is 17.9 Å². The molecule has 2 atom stereocenters. The van der Waals surface area contributed by atoms with Gasteiger partial charge in [-0.3, -0.25) is 14.5 Å². The summed E-state index contributed by atoms with van der Waals surface area (Å²) in [5.41, 5.74) is 1.65. The van der Waals surface area contributed by atoms with Crippen LogP contribution in [0.4, 0.5) is 10.1 Å². The molecule has 4 rings (SSSR count). The van der Waals surface area contributed by atoms with Gasteiger partial charge in [0.2, 0.25) is 21.8 Å². The van der Waals surface area contributed by atoms with Crippen molar-refractivity contribution in [3.8, 4) is 0 Å². The molecule has 1 saturated carbocycles. The molecule has 2 aliphatic rings. The first-order valence-corrected chi connectivity index (χ1v) is 14.9. The van der Waals surface area contributed by atoms with Crippen LogP contribution in [0.5, 0.6) is 0 Å². The molecule has 0 aromatic heterocycles. The number of nitrogens with zero attached hydrogens (tertiary/aromatic N) is 2. The van der Waals surface area contributed by atoms with Crippen LogP contribution < -0.4 is 10.2 Å². The Morgan fingerprint density at radius 2 is 1.70 bits per heavy atom. The Labute approximate surface area is 219 Å². The SMILES string of the molecule is Cc1ccccc1[C@@H](C(=O)NC1CCCCC1)N(C(=O)[C@H]1CCCCN1S(C)(=O)=O)c1cccc(F)c1. The molecular weight excluding hydrogens is 493 g/mol. The molecule has 200 valence electrons. The zero-order valence-electron chi connectivity index (χ0n) is 21.5. The molecule has 2 amide bonds. The van der Waals surface area contributed by atoms with Crippen LogP contribution in [0.15, 0.2) is 48.5 Å². The van der Waals surface area contributed by atoms with E-state index in [1.165, 1.54) is 27.4 Å². The molecule has 1 aliphatic heterocycles. The summed E-state index contributed by atoms with van der Waals surface area (Å²) in [6, 6.07) is 10.9. The van der Waals surface area contributed by atoms with Crippen LogP contribution in [0.2, 0.25) is 0 Å². The predicted octanol–water partition coefficient (Wildman–Crippen LogP) is 4.47. The maximum Gasteiger partial charge on any atom is 0.248 e. The minimum Gasteiger partial charge on any atom is -0.351 e. The Morgan fingerprint density at radius 3 is 2.38 bits per heavy atom. The lowest BCUT2D eigenvalue weighted by Crippen LogP contribution is -2.56. The summed E-state index contributed by atoms with van der Waals surface area (Å²) >= 11 is 0. The molecule has 1 heterocycles. The number of amides is 2. The summed E-state index contributed by atoms with van der Waals surface area (Å²) in [6.07, 6.45) is 7.68. The topological polar surface area (TPSA) is 86.8 Å².